The molecule has 0 fully saturated rings. The van der Waals surface area contributed by atoms with Crippen molar-refractivity contribution in [1.29, 1.82) is 0 Å². The number of nitrogens with zero attached hydrogens (tertiary/aromatic N) is 2. The van der Waals surface area contributed by atoms with Gasteiger partial charge in [0, 0.05) is 6.07 Å². The normalized spacial score (nSPS) is 10.2. The number of rotatable bonds is 4. The molecule has 0 saturated heterocycles. The number of ether oxygens (including phenoxy) is 1. The molecular weight excluding hydrogens is 226 g/mol. The van der Waals surface area contributed by atoms with Crippen molar-refractivity contribution in [1.82, 2.24) is 4.98 Å². The Bertz CT molecular complexity index is 436. The van der Waals surface area contributed by atoms with E-state index < -0.39 is 34.2 Å². The molecule has 0 aromatic carbocycles. The SMILES string of the molecule is COc1c(C(F)F)cc([N+](=O)[O-])nc1C=O. The molecule has 1 rings (SSSR count). The van der Waals surface area contributed by atoms with Crippen LogP contribution in [0.2, 0.25) is 0 Å². The summed E-state index contributed by atoms with van der Waals surface area (Å²) in [4.78, 5) is 23.2. The molecule has 0 amide bonds. The second-order valence-electron chi connectivity index (χ2n) is 2.66. The molecule has 0 atom stereocenters. The second kappa shape index (κ2) is 4.60. The van der Waals surface area contributed by atoms with Crippen LogP contribution < -0.4 is 4.74 Å². The van der Waals surface area contributed by atoms with Gasteiger partial charge in [-0.05, 0) is 9.91 Å². The number of pyridine rings is 1. The van der Waals surface area contributed by atoms with E-state index in [4.69, 9.17) is 0 Å². The zero-order valence-electron chi connectivity index (χ0n) is 8.02. The van der Waals surface area contributed by atoms with Gasteiger partial charge in [-0.1, -0.05) is 0 Å². The number of alkyl halides is 2. The first kappa shape index (κ1) is 12.0. The van der Waals surface area contributed by atoms with Gasteiger partial charge in [0.15, 0.2) is 12.0 Å². The molecule has 0 aliphatic carbocycles. The fraction of sp³-hybridized carbons (Fsp3) is 0.250. The number of hydrogen-bond donors (Lipinski definition) is 0. The maximum absolute atomic E-state index is 12.5. The molecule has 0 radical (unpaired) electrons. The first-order valence-electron chi connectivity index (χ1n) is 3.98. The van der Waals surface area contributed by atoms with E-state index in [1.165, 1.54) is 0 Å². The minimum atomic E-state index is -2.99. The van der Waals surface area contributed by atoms with Gasteiger partial charge < -0.3 is 14.9 Å². The van der Waals surface area contributed by atoms with Gasteiger partial charge in [0.1, 0.15) is 0 Å². The zero-order chi connectivity index (χ0) is 12.3. The van der Waals surface area contributed by atoms with E-state index in [1.807, 2.05) is 0 Å². The summed E-state index contributed by atoms with van der Waals surface area (Å²) in [5.41, 5.74) is -1.25. The maximum Gasteiger partial charge on any atom is 0.364 e. The number of halogens is 2. The minimum absolute atomic E-state index is 0.123. The number of hydrogen-bond acceptors (Lipinski definition) is 5. The molecule has 0 bridgehead atoms. The summed E-state index contributed by atoms with van der Waals surface area (Å²) in [6, 6.07) is 0.580. The van der Waals surface area contributed by atoms with Crippen LogP contribution in [0.3, 0.4) is 0 Å². The van der Waals surface area contributed by atoms with E-state index in [-0.39, 0.29) is 6.29 Å². The summed E-state index contributed by atoms with van der Waals surface area (Å²) in [6.45, 7) is 0. The zero-order valence-corrected chi connectivity index (χ0v) is 8.02. The molecule has 0 aliphatic heterocycles. The van der Waals surface area contributed by atoms with E-state index in [2.05, 4.69) is 9.72 Å². The number of carbonyl (C=O) groups excluding carboxylic acids is 1. The van der Waals surface area contributed by atoms with Crippen LogP contribution in [-0.2, 0) is 0 Å². The van der Waals surface area contributed by atoms with Crippen LogP contribution in [0.15, 0.2) is 6.07 Å². The number of methoxy groups -OCH3 is 1. The Kier molecular flexibility index (Phi) is 3.44. The molecule has 6 nitrogen and oxygen atoms in total. The molecular formula is C8H6F2N2O4. The van der Waals surface area contributed by atoms with Gasteiger partial charge in [0.25, 0.3) is 12.1 Å². The molecule has 0 saturated carbocycles. The lowest BCUT2D eigenvalue weighted by atomic mass is 10.2. The van der Waals surface area contributed by atoms with Crippen LogP contribution in [0, 0.1) is 10.1 Å². The predicted octanol–water partition coefficient (Wildman–Crippen LogP) is 1.75. The van der Waals surface area contributed by atoms with Gasteiger partial charge in [-0.3, -0.25) is 4.79 Å². The average molecular weight is 232 g/mol. The molecule has 16 heavy (non-hydrogen) atoms. The van der Waals surface area contributed by atoms with Gasteiger partial charge in [-0.15, -0.1) is 0 Å². The fourth-order valence-electron chi connectivity index (χ4n) is 1.12. The molecule has 0 unspecified atom stereocenters. The molecule has 1 aromatic heterocycles. The van der Waals surface area contributed by atoms with Crippen molar-refractivity contribution in [3.63, 3.8) is 0 Å². The highest BCUT2D eigenvalue weighted by Crippen LogP contribution is 2.32. The van der Waals surface area contributed by atoms with E-state index in [0.29, 0.717) is 6.07 Å². The summed E-state index contributed by atoms with van der Waals surface area (Å²) in [6.07, 6.45) is -2.87. The second-order valence-corrected chi connectivity index (χ2v) is 2.66. The average Bonchev–Trinajstić information content (AvgIpc) is 2.26. The summed E-state index contributed by atoms with van der Waals surface area (Å²) in [5, 5.41) is 10.4. The minimum Gasteiger partial charge on any atom is -0.492 e. The maximum atomic E-state index is 12.5. The Labute approximate surface area is 88.0 Å². The highest BCUT2D eigenvalue weighted by atomic mass is 19.3. The predicted molar refractivity (Wildman–Crippen MR) is 47.8 cm³/mol. The molecule has 0 N–H and O–H groups in total. The van der Waals surface area contributed by atoms with Crippen LogP contribution in [0.25, 0.3) is 0 Å². The van der Waals surface area contributed by atoms with Crippen molar-refractivity contribution in [2.24, 2.45) is 0 Å². The van der Waals surface area contributed by atoms with E-state index in [1.54, 1.807) is 0 Å². The van der Waals surface area contributed by atoms with Crippen molar-refractivity contribution >= 4 is 12.1 Å². The summed E-state index contributed by atoms with van der Waals surface area (Å²) < 4.78 is 29.6. The molecule has 0 spiro atoms. The molecule has 1 aromatic rings. The standard InChI is InChI=1S/C8H6F2N2O4/c1-16-7-4(8(9)10)2-6(12(14)15)11-5(7)3-13/h2-3,8H,1H3. The van der Waals surface area contributed by atoms with Gasteiger partial charge in [0.05, 0.1) is 12.7 Å². The van der Waals surface area contributed by atoms with E-state index >= 15 is 0 Å². The number of nitro groups is 1. The topological polar surface area (TPSA) is 82.3 Å². The van der Waals surface area contributed by atoms with E-state index in [0.717, 1.165) is 7.11 Å². The van der Waals surface area contributed by atoms with Gasteiger partial charge in [-0.2, -0.15) is 0 Å². The van der Waals surface area contributed by atoms with Crippen LogP contribution in [-0.4, -0.2) is 23.3 Å². The third kappa shape index (κ3) is 2.10. The van der Waals surface area contributed by atoms with Crippen LogP contribution in [0.1, 0.15) is 22.5 Å². The van der Waals surface area contributed by atoms with Crippen molar-refractivity contribution in [2.75, 3.05) is 7.11 Å². The number of carbonyl (C=O) groups is 1. The lowest BCUT2D eigenvalue weighted by Gasteiger charge is -2.06. The van der Waals surface area contributed by atoms with Crippen molar-refractivity contribution in [2.45, 2.75) is 6.43 Å². The van der Waals surface area contributed by atoms with Crippen LogP contribution in [0.5, 0.6) is 5.75 Å². The van der Waals surface area contributed by atoms with Crippen molar-refractivity contribution in [3.05, 3.63) is 27.4 Å². The lowest BCUT2D eigenvalue weighted by Crippen LogP contribution is -2.03. The molecule has 1 heterocycles. The molecule has 8 heteroatoms. The number of aldehydes is 1. The third-order valence-electron chi connectivity index (χ3n) is 1.75. The quantitative estimate of drug-likeness (QED) is 0.448. The summed E-state index contributed by atoms with van der Waals surface area (Å²) >= 11 is 0. The summed E-state index contributed by atoms with van der Waals surface area (Å²) in [5.74, 6) is -1.27. The van der Waals surface area contributed by atoms with Gasteiger partial charge in [-0.25, -0.2) is 8.78 Å². The van der Waals surface area contributed by atoms with E-state index in [9.17, 15) is 23.7 Å². The molecule has 0 aliphatic rings. The number of aromatic nitrogens is 1. The first-order valence-corrected chi connectivity index (χ1v) is 3.98. The van der Waals surface area contributed by atoms with Crippen LogP contribution >= 0.6 is 0 Å². The third-order valence-corrected chi connectivity index (χ3v) is 1.75. The Hall–Kier alpha value is -2.12. The van der Waals surface area contributed by atoms with Crippen molar-refractivity contribution in [3.8, 4) is 5.75 Å². The van der Waals surface area contributed by atoms with Crippen molar-refractivity contribution < 1.29 is 23.2 Å². The van der Waals surface area contributed by atoms with Crippen LogP contribution in [0.4, 0.5) is 14.6 Å². The Morgan fingerprint density at radius 3 is 2.62 bits per heavy atom. The highest BCUT2D eigenvalue weighted by Gasteiger charge is 2.25. The summed E-state index contributed by atoms with van der Waals surface area (Å²) in [7, 11) is 1.07. The Balaban J connectivity index is 3.49. The van der Waals surface area contributed by atoms with Gasteiger partial charge in [0.2, 0.25) is 0 Å². The van der Waals surface area contributed by atoms with Gasteiger partial charge >= 0.3 is 5.82 Å². The lowest BCUT2D eigenvalue weighted by molar-refractivity contribution is -0.389. The smallest absolute Gasteiger partial charge is 0.364 e. The highest BCUT2D eigenvalue weighted by molar-refractivity contribution is 5.78. The Morgan fingerprint density at radius 1 is 1.62 bits per heavy atom. The fourth-order valence-corrected chi connectivity index (χ4v) is 1.12. The molecule has 86 valence electrons. The largest absolute Gasteiger partial charge is 0.492 e. The Morgan fingerprint density at radius 2 is 2.25 bits per heavy atom. The monoisotopic (exact) mass is 232 g/mol. The first-order chi connectivity index (χ1) is 7.51.